The van der Waals surface area contributed by atoms with Crippen LogP contribution in [0, 0.1) is 0 Å². The average molecular weight is 599 g/mol. The molecule has 0 saturated carbocycles. The maximum Gasteiger partial charge on any atom is 0.414 e. The summed E-state index contributed by atoms with van der Waals surface area (Å²) in [5.41, 5.74) is 2.00. The van der Waals surface area contributed by atoms with Crippen LogP contribution in [-0.2, 0) is 23.6 Å². The number of thiol groups is 1. The van der Waals surface area contributed by atoms with Crippen LogP contribution in [0.1, 0.15) is 44.7 Å². The van der Waals surface area contributed by atoms with Crippen molar-refractivity contribution in [1.82, 2.24) is 0 Å². The van der Waals surface area contributed by atoms with E-state index in [9.17, 15) is 19.5 Å². The molecule has 0 unspecified atom stereocenters. The van der Waals surface area contributed by atoms with Gasteiger partial charge in [0.25, 0.3) is 0 Å². The maximum atomic E-state index is 12.3. The third-order valence-electron chi connectivity index (χ3n) is 5.64. The van der Waals surface area contributed by atoms with Crippen LogP contribution in [0.3, 0.4) is 0 Å². The van der Waals surface area contributed by atoms with E-state index < -0.39 is 18.0 Å². The predicted molar refractivity (Wildman–Crippen MR) is 159 cm³/mol. The Kier molecular flexibility index (Phi) is 11.8. The molecule has 4 rings (SSSR count). The smallest absolute Gasteiger partial charge is 0.414 e. The van der Waals surface area contributed by atoms with E-state index >= 15 is 0 Å². The zero-order chi connectivity index (χ0) is 29.8. The molecule has 1 amide bonds. The van der Waals surface area contributed by atoms with Gasteiger partial charge in [-0.15, -0.1) is 11.8 Å². The molecule has 2 heterocycles. The van der Waals surface area contributed by atoms with Gasteiger partial charge in [0.15, 0.2) is 0 Å². The number of ether oxygens (including phenoxy) is 1. The van der Waals surface area contributed by atoms with E-state index in [0.29, 0.717) is 23.7 Å². The zero-order valence-corrected chi connectivity index (χ0v) is 24.1. The van der Waals surface area contributed by atoms with Crippen molar-refractivity contribution >= 4 is 53.8 Å². The molecular formula is C29H30N2O8S2. The average Bonchev–Trinajstić information content (AvgIpc) is 3.69. The minimum absolute atomic E-state index is 0.0384. The number of carbonyl (C=O) groups is 3. The monoisotopic (exact) mass is 598 g/mol. The van der Waals surface area contributed by atoms with Crippen molar-refractivity contribution in [3.8, 4) is 0 Å². The van der Waals surface area contributed by atoms with E-state index in [-0.39, 0.29) is 30.0 Å². The van der Waals surface area contributed by atoms with E-state index in [4.69, 9.17) is 18.7 Å². The van der Waals surface area contributed by atoms with Crippen molar-refractivity contribution in [1.29, 1.82) is 0 Å². The number of aromatic carboxylic acids is 2. The molecule has 4 aromatic rings. The molecule has 41 heavy (non-hydrogen) atoms. The molecule has 0 saturated heterocycles. The van der Waals surface area contributed by atoms with Crippen molar-refractivity contribution in [2.45, 2.75) is 30.7 Å². The Morgan fingerprint density at radius 2 is 1.63 bits per heavy atom. The van der Waals surface area contributed by atoms with Crippen LogP contribution in [0.15, 0.2) is 86.9 Å². The van der Waals surface area contributed by atoms with Gasteiger partial charge in [0.05, 0.1) is 49.0 Å². The Balaban J connectivity index is 0.000000232. The summed E-state index contributed by atoms with van der Waals surface area (Å²) in [5, 5.41) is 21.7. The van der Waals surface area contributed by atoms with Gasteiger partial charge in [0.2, 0.25) is 0 Å². The number of nitrogens with one attached hydrogen (secondary N) is 1. The van der Waals surface area contributed by atoms with Gasteiger partial charge >= 0.3 is 18.0 Å². The summed E-state index contributed by atoms with van der Waals surface area (Å²) in [5.74, 6) is -0.267. The first-order chi connectivity index (χ1) is 19.8. The summed E-state index contributed by atoms with van der Waals surface area (Å²) < 4.78 is 15.5. The Labute approximate surface area is 246 Å². The molecule has 0 spiro atoms. The van der Waals surface area contributed by atoms with Gasteiger partial charge in [-0.3, -0.25) is 4.90 Å². The van der Waals surface area contributed by atoms with Crippen molar-refractivity contribution < 1.29 is 38.2 Å². The van der Waals surface area contributed by atoms with Gasteiger partial charge in [-0.1, -0.05) is 6.07 Å². The maximum absolute atomic E-state index is 12.3. The standard InChI is InChI=1S/C16H17NO5S.C13H13NO3S/c1-3-21-16(20)17(10-11-5-4-8-22-11)14-7-6-12(23-2)9-13(14)15(18)19;15-13(16)11-6-9(8-18)3-4-12(11)14-7-10-2-1-5-17-10/h4-9H,3,10H2,1-2H3,(H,18,19);1-6,14,18H,7-8H2,(H,15,16). The molecule has 0 aliphatic rings. The fourth-order valence-corrected chi connectivity index (χ4v) is 4.31. The summed E-state index contributed by atoms with van der Waals surface area (Å²) >= 11 is 5.56. The summed E-state index contributed by atoms with van der Waals surface area (Å²) in [6, 6.07) is 17.2. The Morgan fingerprint density at radius 1 is 0.951 bits per heavy atom. The molecule has 0 bridgehead atoms. The number of furan rings is 2. The van der Waals surface area contributed by atoms with Gasteiger partial charge in [0, 0.05) is 16.3 Å². The molecule has 3 N–H and O–H groups in total. The lowest BCUT2D eigenvalue weighted by molar-refractivity contribution is 0.0686. The second kappa shape index (κ2) is 15.5. The molecule has 12 heteroatoms. The fraction of sp³-hybridized carbons (Fsp3) is 0.207. The summed E-state index contributed by atoms with van der Waals surface area (Å²) in [7, 11) is 0. The highest BCUT2D eigenvalue weighted by atomic mass is 32.2. The van der Waals surface area contributed by atoms with E-state index in [2.05, 4.69) is 17.9 Å². The van der Waals surface area contributed by atoms with Crippen LogP contribution < -0.4 is 10.2 Å². The SMILES string of the molecule is CCOC(=O)N(Cc1ccco1)c1ccc(SC)cc1C(=O)O.O=C(O)c1cc(CS)ccc1NCc1ccco1. The van der Waals surface area contributed by atoms with Crippen molar-refractivity contribution in [3.63, 3.8) is 0 Å². The number of carboxylic acids is 2. The molecule has 0 aliphatic carbocycles. The van der Waals surface area contributed by atoms with Crippen LogP contribution in [0.2, 0.25) is 0 Å². The van der Waals surface area contributed by atoms with Crippen LogP contribution in [0.5, 0.6) is 0 Å². The Hall–Kier alpha value is -4.29. The van der Waals surface area contributed by atoms with Crippen LogP contribution >= 0.6 is 24.4 Å². The van der Waals surface area contributed by atoms with Gasteiger partial charge in [-0.2, -0.15) is 12.6 Å². The number of thioether (sulfide) groups is 1. The molecular weight excluding hydrogens is 568 g/mol. The van der Waals surface area contributed by atoms with Gasteiger partial charge in [0.1, 0.15) is 11.5 Å². The lowest BCUT2D eigenvalue weighted by Crippen LogP contribution is -2.32. The molecule has 0 radical (unpaired) electrons. The van der Waals surface area contributed by atoms with Gasteiger partial charge in [-0.05, 0) is 73.3 Å². The van der Waals surface area contributed by atoms with Gasteiger partial charge < -0.3 is 29.1 Å². The highest BCUT2D eigenvalue weighted by Crippen LogP contribution is 2.28. The van der Waals surface area contributed by atoms with Crippen LogP contribution in [-0.4, -0.2) is 41.1 Å². The topological polar surface area (TPSA) is 142 Å². The van der Waals surface area contributed by atoms with Crippen molar-refractivity contribution in [3.05, 3.63) is 101 Å². The first-order valence-corrected chi connectivity index (χ1v) is 14.2. The second-order valence-electron chi connectivity index (χ2n) is 8.33. The van der Waals surface area contributed by atoms with Crippen LogP contribution in [0.4, 0.5) is 16.2 Å². The lowest BCUT2D eigenvalue weighted by Gasteiger charge is -2.23. The number of carboxylic acid groups (broad SMARTS) is 2. The first-order valence-electron chi connectivity index (χ1n) is 12.4. The highest BCUT2D eigenvalue weighted by Gasteiger charge is 2.24. The second-order valence-corrected chi connectivity index (χ2v) is 9.52. The van der Waals surface area contributed by atoms with E-state index in [1.807, 2.05) is 18.4 Å². The number of hydrogen-bond donors (Lipinski definition) is 4. The first kappa shape index (κ1) is 31.2. The summed E-state index contributed by atoms with van der Waals surface area (Å²) in [6.45, 7) is 2.43. The molecule has 2 aromatic heterocycles. The minimum Gasteiger partial charge on any atom is -0.478 e. The number of carbonyl (C=O) groups excluding carboxylic acids is 1. The highest BCUT2D eigenvalue weighted by molar-refractivity contribution is 7.98. The van der Waals surface area contributed by atoms with Crippen molar-refractivity contribution in [2.75, 3.05) is 23.1 Å². The number of benzene rings is 2. The predicted octanol–water partition coefficient (Wildman–Crippen LogP) is 6.88. The molecule has 0 fully saturated rings. The molecule has 0 atom stereocenters. The Bertz CT molecular complexity index is 1440. The van der Waals surface area contributed by atoms with E-state index in [0.717, 1.165) is 16.2 Å². The number of anilines is 2. The third-order valence-corrected chi connectivity index (χ3v) is 6.73. The number of rotatable bonds is 11. The molecule has 0 aliphatic heterocycles. The number of hydrogen-bond acceptors (Lipinski definition) is 9. The fourth-order valence-electron chi connectivity index (χ4n) is 3.67. The number of nitrogens with zero attached hydrogens (tertiary/aromatic N) is 1. The summed E-state index contributed by atoms with van der Waals surface area (Å²) in [4.78, 5) is 37.1. The lowest BCUT2D eigenvalue weighted by atomic mass is 10.1. The molecule has 216 valence electrons. The quantitative estimate of drug-likeness (QED) is 0.107. The Morgan fingerprint density at radius 3 is 2.20 bits per heavy atom. The largest absolute Gasteiger partial charge is 0.478 e. The third kappa shape index (κ3) is 8.85. The normalized spacial score (nSPS) is 10.3. The molecule has 10 nitrogen and oxygen atoms in total. The van der Waals surface area contributed by atoms with E-state index in [1.165, 1.54) is 29.0 Å². The van der Waals surface area contributed by atoms with E-state index in [1.54, 1.807) is 55.7 Å². The summed E-state index contributed by atoms with van der Waals surface area (Å²) in [6.07, 6.45) is 4.31. The van der Waals surface area contributed by atoms with Crippen molar-refractivity contribution in [2.24, 2.45) is 0 Å². The number of amides is 1. The minimum atomic E-state index is -1.11. The zero-order valence-electron chi connectivity index (χ0n) is 22.4. The van der Waals surface area contributed by atoms with Crippen LogP contribution in [0.25, 0.3) is 0 Å². The van der Waals surface area contributed by atoms with Gasteiger partial charge in [-0.25, -0.2) is 14.4 Å². The molecule has 2 aromatic carbocycles.